The second kappa shape index (κ2) is 8.07. The number of hydrogen-bond donors (Lipinski definition) is 1. The number of ether oxygens (including phenoxy) is 2. The Bertz CT molecular complexity index is 703. The van der Waals surface area contributed by atoms with E-state index >= 15 is 0 Å². The Balaban J connectivity index is 1.83. The fraction of sp³-hybridized carbons (Fsp3) is 0.471. The van der Waals surface area contributed by atoms with Crippen molar-refractivity contribution in [3.63, 3.8) is 0 Å². The highest BCUT2D eigenvalue weighted by molar-refractivity contribution is 9.10. The molecule has 8 heteroatoms. The third-order valence-corrected chi connectivity index (χ3v) is 4.36. The fourth-order valence-corrected chi connectivity index (χ4v) is 3.29. The average molecular weight is 408 g/mol. The zero-order valence-electron chi connectivity index (χ0n) is 14.6. The van der Waals surface area contributed by atoms with Crippen LogP contribution >= 0.6 is 15.9 Å². The summed E-state index contributed by atoms with van der Waals surface area (Å²) in [5.41, 5.74) is 1.31. The molecule has 1 saturated heterocycles. The molecule has 2 aromatic rings. The Morgan fingerprint density at radius 3 is 2.64 bits per heavy atom. The lowest BCUT2D eigenvalue weighted by atomic mass is 10.1. The van der Waals surface area contributed by atoms with E-state index < -0.39 is 0 Å². The van der Waals surface area contributed by atoms with Gasteiger partial charge in [-0.05, 0) is 48.0 Å². The second-order valence-corrected chi connectivity index (χ2v) is 7.12. The summed E-state index contributed by atoms with van der Waals surface area (Å²) < 4.78 is 11.4. The molecule has 0 radical (unpaired) electrons. The van der Waals surface area contributed by atoms with Crippen LogP contribution in [0.25, 0.3) is 11.4 Å². The molecular formula is C17H22BrN5O2. The molecule has 7 nitrogen and oxygen atoms in total. The van der Waals surface area contributed by atoms with Gasteiger partial charge in [0.15, 0.2) is 18.4 Å². The van der Waals surface area contributed by atoms with Crippen LogP contribution in [0.2, 0.25) is 0 Å². The smallest absolute Gasteiger partial charge is 0.188 e. The van der Waals surface area contributed by atoms with Crippen LogP contribution in [0.5, 0.6) is 5.75 Å². The van der Waals surface area contributed by atoms with E-state index in [0.29, 0.717) is 29.2 Å². The number of hydrogen-bond acceptors (Lipinski definition) is 7. The predicted molar refractivity (Wildman–Crippen MR) is 99.7 cm³/mol. The Hall–Kier alpha value is -1.77. The van der Waals surface area contributed by atoms with Crippen LogP contribution < -0.4 is 15.0 Å². The summed E-state index contributed by atoms with van der Waals surface area (Å²) in [6, 6.07) is 6.60. The highest BCUT2D eigenvalue weighted by Gasteiger charge is 2.22. The van der Waals surface area contributed by atoms with Crippen LogP contribution in [-0.2, 0) is 4.74 Å². The maximum Gasteiger partial charge on any atom is 0.188 e. The zero-order chi connectivity index (χ0) is 17.8. The molecule has 0 unspecified atom stereocenters. The summed E-state index contributed by atoms with van der Waals surface area (Å²) in [5.74, 6) is 1.48. The van der Waals surface area contributed by atoms with Crippen molar-refractivity contribution < 1.29 is 9.47 Å². The molecule has 0 amide bonds. The number of halogens is 1. The monoisotopic (exact) mass is 407 g/mol. The van der Waals surface area contributed by atoms with E-state index in [2.05, 4.69) is 55.2 Å². The topological polar surface area (TPSA) is 72.4 Å². The van der Waals surface area contributed by atoms with Gasteiger partial charge >= 0.3 is 0 Å². The lowest BCUT2D eigenvalue weighted by Gasteiger charge is -2.36. The molecule has 0 aliphatic carbocycles. The molecule has 1 N–H and O–H groups in total. The number of piperazine rings is 1. The number of nitrogens with zero attached hydrogens (tertiary/aromatic N) is 4. The van der Waals surface area contributed by atoms with Crippen molar-refractivity contribution in [3.05, 3.63) is 28.9 Å². The highest BCUT2D eigenvalue weighted by Crippen LogP contribution is 2.29. The van der Waals surface area contributed by atoms with Crippen LogP contribution in [0.4, 0.5) is 5.82 Å². The molecule has 2 atom stereocenters. The van der Waals surface area contributed by atoms with Crippen molar-refractivity contribution in [1.29, 1.82) is 0 Å². The average Bonchev–Trinajstić information content (AvgIpc) is 2.59. The van der Waals surface area contributed by atoms with E-state index in [1.165, 1.54) is 0 Å². The van der Waals surface area contributed by atoms with Gasteiger partial charge in [0, 0.05) is 43.0 Å². The summed E-state index contributed by atoms with van der Waals surface area (Å²) in [6.45, 7) is 6.33. The molecule has 2 aromatic heterocycles. The molecule has 0 saturated carbocycles. The van der Waals surface area contributed by atoms with E-state index in [4.69, 9.17) is 9.47 Å². The molecule has 1 fully saturated rings. The highest BCUT2D eigenvalue weighted by atomic mass is 79.9. The Labute approximate surface area is 155 Å². The molecule has 0 aromatic carbocycles. The van der Waals surface area contributed by atoms with Gasteiger partial charge in [0.05, 0.1) is 0 Å². The molecule has 0 spiro atoms. The standard InChI is InChI=1S/C17H22BrN5O2/c1-11-8-23(9-12(2)20-11)16-5-4-14(21-22-16)17-15(25-10-24-3)6-13(18)7-19-17/h4-7,11-12,20H,8-10H2,1-3H3/t11-,12+. The van der Waals surface area contributed by atoms with Gasteiger partial charge in [-0.2, -0.15) is 0 Å². The van der Waals surface area contributed by atoms with E-state index in [1.807, 2.05) is 18.2 Å². The largest absolute Gasteiger partial charge is 0.465 e. The van der Waals surface area contributed by atoms with Crippen LogP contribution in [0.3, 0.4) is 0 Å². The summed E-state index contributed by atoms with van der Waals surface area (Å²) >= 11 is 3.40. The summed E-state index contributed by atoms with van der Waals surface area (Å²) in [6.07, 6.45) is 1.71. The number of pyridine rings is 1. The van der Waals surface area contributed by atoms with Crippen LogP contribution in [0, 0.1) is 0 Å². The Morgan fingerprint density at radius 2 is 2.00 bits per heavy atom. The van der Waals surface area contributed by atoms with E-state index in [0.717, 1.165) is 23.4 Å². The van der Waals surface area contributed by atoms with Crippen molar-refractivity contribution in [1.82, 2.24) is 20.5 Å². The van der Waals surface area contributed by atoms with Gasteiger partial charge in [0.2, 0.25) is 0 Å². The zero-order valence-corrected chi connectivity index (χ0v) is 16.2. The lowest BCUT2D eigenvalue weighted by molar-refractivity contribution is 0.0512. The minimum Gasteiger partial charge on any atom is -0.465 e. The van der Waals surface area contributed by atoms with Crippen molar-refractivity contribution >= 4 is 21.7 Å². The van der Waals surface area contributed by atoms with Crippen molar-refractivity contribution in [2.45, 2.75) is 25.9 Å². The third-order valence-electron chi connectivity index (χ3n) is 3.93. The van der Waals surface area contributed by atoms with Crippen LogP contribution in [0.1, 0.15) is 13.8 Å². The number of aromatic nitrogens is 3. The third kappa shape index (κ3) is 4.45. The predicted octanol–water partition coefficient (Wildman–Crippen LogP) is 2.47. The lowest BCUT2D eigenvalue weighted by Crippen LogP contribution is -2.54. The Kier molecular flexibility index (Phi) is 5.82. The molecule has 3 rings (SSSR count). The van der Waals surface area contributed by atoms with Gasteiger partial charge in [-0.1, -0.05) is 0 Å². The molecular weight excluding hydrogens is 386 g/mol. The van der Waals surface area contributed by atoms with Crippen molar-refractivity contribution in [2.24, 2.45) is 0 Å². The minimum atomic E-state index is 0.146. The van der Waals surface area contributed by atoms with Crippen LogP contribution in [0.15, 0.2) is 28.9 Å². The Morgan fingerprint density at radius 1 is 1.24 bits per heavy atom. The number of rotatable bonds is 5. The molecule has 0 bridgehead atoms. The first kappa shape index (κ1) is 18.0. The van der Waals surface area contributed by atoms with Gasteiger partial charge in [0.25, 0.3) is 0 Å². The van der Waals surface area contributed by atoms with Gasteiger partial charge in [0.1, 0.15) is 11.4 Å². The van der Waals surface area contributed by atoms with Crippen molar-refractivity contribution in [2.75, 3.05) is 31.9 Å². The van der Waals surface area contributed by atoms with E-state index in [-0.39, 0.29) is 6.79 Å². The maximum atomic E-state index is 5.60. The number of anilines is 1. The molecule has 25 heavy (non-hydrogen) atoms. The van der Waals surface area contributed by atoms with E-state index in [1.54, 1.807) is 13.3 Å². The maximum absolute atomic E-state index is 5.60. The molecule has 1 aliphatic heterocycles. The van der Waals surface area contributed by atoms with Gasteiger partial charge in [-0.15, -0.1) is 10.2 Å². The first-order chi connectivity index (χ1) is 12.1. The first-order valence-electron chi connectivity index (χ1n) is 8.19. The SMILES string of the molecule is COCOc1cc(Br)cnc1-c1ccc(N2C[C@@H](C)N[C@@H](C)C2)nn1. The molecule has 3 heterocycles. The van der Waals surface area contributed by atoms with Crippen molar-refractivity contribution in [3.8, 4) is 17.1 Å². The summed E-state index contributed by atoms with van der Waals surface area (Å²) in [5, 5.41) is 12.3. The van der Waals surface area contributed by atoms with Gasteiger partial charge in [-0.3, -0.25) is 0 Å². The number of methoxy groups -OCH3 is 1. The van der Waals surface area contributed by atoms with E-state index in [9.17, 15) is 0 Å². The fourth-order valence-electron chi connectivity index (χ4n) is 2.98. The minimum absolute atomic E-state index is 0.146. The quantitative estimate of drug-likeness (QED) is 0.762. The molecule has 1 aliphatic rings. The summed E-state index contributed by atoms with van der Waals surface area (Å²) in [7, 11) is 1.58. The summed E-state index contributed by atoms with van der Waals surface area (Å²) in [4.78, 5) is 6.66. The van der Waals surface area contributed by atoms with Gasteiger partial charge in [-0.25, -0.2) is 4.98 Å². The van der Waals surface area contributed by atoms with Gasteiger partial charge < -0.3 is 19.7 Å². The second-order valence-electron chi connectivity index (χ2n) is 6.20. The normalized spacial score (nSPS) is 20.6. The molecule has 134 valence electrons. The van der Waals surface area contributed by atoms with Crippen LogP contribution in [-0.4, -0.2) is 54.3 Å². The first-order valence-corrected chi connectivity index (χ1v) is 8.98. The number of nitrogens with one attached hydrogen (secondary N) is 1.